The Kier molecular flexibility index (Phi) is 3.98. The van der Waals surface area contributed by atoms with Crippen molar-refractivity contribution in [3.63, 3.8) is 0 Å². The summed E-state index contributed by atoms with van der Waals surface area (Å²) in [6.07, 6.45) is 1.88. The Morgan fingerprint density at radius 2 is 2.19 bits per heavy atom. The number of ketones is 1. The van der Waals surface area contributed by atoms with E-state index < -0.39 is 0 Å². The quantitative estimate of drug-likeness (QED) is 0.714. The van der Waals surface area contributed by atoms with Crippen molar-refractivity contribution in [1.29, 1.82) is 0 Å². The minimum Gasteiger partial charge on any atom is -0.380 e. The number of piperidine rings is 1. The summed E-state index contributed by atoms with van der Waals surface area (Å²) < 4.78 is 5.39. The van der Waals surface area contributed by atoms with Gasteiger partial charge in [0, 0.05) is 19.5 Å². The molecule has 0 radical (unpaired) electrons. The Bertz CT molecular complexity index is 254. The first-order valence-corrected chi connectivity index (χ1v) is 6.49. The first-order valence-electron chi connectivity index (χ1n) is 6.49. The molecule has 0 N–H and O–H groups in total. The second-order valence-corrected chi connectivity index (χ2v) is 5.49. The average Bonchev–Trinajstić information content (AvgIpc) is 2.27. The van der Waals surface area contributed by atoms with Crippen molar-refractivity contribution in [3.8, 4) is 0 Å². The molecule has 3 unspecified atom stereocenters. The highest BCUT2D eigenvalue weighted by Gasteiger charge is 2.28. The lowest BCUT2D eigenvalue weighted by atomic mass is 9.88. The van der Waals surface area contributed by atoms with E-state index in [9.17, 15) is 4.79 Å². The number of carbonyl (C=O) groups is 1. The van der Waals surface area contributed by atoms with Gasteiger partial charge in [0.05, 0.1) is 19.1 Å². The number of ether oxygens (including phenoxy) is 1. The third kappa shape index (κ3) is 2.83. The highest BCUT2D eigenvalue weighted by molar-refractivity contribution is 5.82. The Hall–Kier alpha value is -0.410. The molecule has 2 fully saturated rings. The van der Waals surface area contributed by atoms with E-state index in [1.165, 1.54) is 6.42 Å². The van der Waals surface area contributed by atoms with E-state index in [0.29, 0.717) is 25.4 Å². The van der Waals surface area contributed by atoms with Gasteiger partial charge in [-0.3, -0.25) is 4.79 Å². The molecule has 2 saturated heterocycles. The summed E-state index contributed by atoms with van der Waals surface area (Å²) in [6.45, 7) is 9.12. The Balaban J connectivity index is 1.82. The minimum atomic E-state index is 0.134. The molecule has 0 aromatic rings. The molecular formula is C13H23NO2. The van der Waals surface area contributed by atoms with Gasteiger partial charge >= 0.3 is 0 Å². The predicted octanol–water partition coefficient (Wildman–Crippen LogP) is 1.57. The lowest BCUT2D eigenvalue weighted by Gasteiger charge is -2.37. The van der Waals surface area contributed by atoms with Crippen LogP contribution in [0.2, 0.25) is 0 Å². The number of rotatable bonds is 2. The molecule has 0 saturated carbocycles. The normalized spacial score (nSPS) is 37.6. The average molecular weight is 225 g/mol. The van der Waals surface area contributed by atoms with Gasteiger partial charge in [-0.15, -0.1) is 0 Å². The lowest BCUT2D eigenvalue weighted by Crippen LogP contribution is -2.44. The molecule has 0 aliphatic carbocycles. The summed E-state index contributed by atoms with van der Waals surface area (Å²) >= 11 is 0. The van der Waals surface area contributed by atoms with Crippen molar-refractivity contribution in [3.05, 3.63) is 0 Å². The van der Waals surface area contributed by atoms with Crippen LogP contribution in [0.25, 0.3) is 0 Å². The predicted molar refractivity (Wildman–Crippen MR) is 63.3 cm³/mol. The summed E-state index contributed by atoms with van der Waals surface area (Å²) in [7, 11) is 0. The zero-order chi connectivity index (χ0) is 11.5. The molecule has 92 valence electrons. The van der Waals surface area contributed by atoms with Crippen LogP contribution in [0.3, 0.4) is 0 Å². The van der Waals surface area contributed by atoms with Crippen LogP contribution in [-0.4, -0.2) is 43.5 Å². The van der Waals surface area contributed by atoms with Gasteiger partial charge in [0.25, 0.3) is 0 Å². The fourth-order valence-electron chi connectivity index (χ4n) is 2.68. The summed E-state index contributed by atoms with van der Waals surface area (Å²) in [6, 6.07) is 0. The summed E-state index contributed by atoms with van der Waals surface area (Å²) in [5, 5.41) is 0. The fraction of sp³-hybridized carbons (Fsp3) is 0.923. The Labute approximate surface area is 98.1 Å². The van der Waals surface area contributed by atoms with Gasteiger partial charge in [-0.1, -0.05) is 13.8 Å². The maximum Gasteiger partial charge on any atom is 0.141 e. The molecule has 3 heteroatoms. The zero-order valence-corrected chi connectivity index (χ0v) is 10.4. The van der Waals surface area contributed by atoms with Gasteiger partial charge in [-0.25, -0.2) is 0 Å². The monoisotopic (exact) mass is 225 g/mol. The fourth-order valence-corrected chi connectivity index (χ4v) is 2.68. The molecule has 2 heterocycles. The summed E-state index contributed by atoms with van der Waals surface area (Å²) in [5.41, 5.74) is 0. The molecule has 16 heavy (non-hydrogen) atoms. The largest absolute Gasteiger partial charge is 0.380 e. The van der Waals surface area contributed by atoms with Crippen molar-refractivity contribution in [2.75, 3.05) is 32.8 Å². The van der Waals surface area contributed by atoms with Gasteiger partial charge < -0.3 is 9.64 Å². The van der Waals surface area contributed by atoms with Crippen molar-refractivity contribution >= 4 is 5.78 Å². The maximum absolute atomic E-state index is 11.7. The van der Waals surface area contributed by atoms with Crippen LogP contribution in [-0.2, 0) is 9.53 Å². The van der Waals surface area contributed by atoms with Crippen molar-refractivity contribution in [2.45, 2.75) is 26.7 Å². The van der Waals surface area contributed by atoms with Crippen LogP contribution in [0, 0.1) is 17.8 Å². The van der Waals surface area contributed by atoms with E-state index in [0.717, 1.165) is 31.5 Å². The molecule has 2 aliphatic heterocycles. The van der Waals surface area contributed by atoms with Crippen molar-refractivity contribution in [1.82, 2.24) is 4.90 Å². The van der Waals surface area contributed by atoms with E-state index in [2.05, 4.69) is 18.7 Å². The van der Waals surface area contributed by atoms with Gasteiger partial charge in [0.15, 0.2) is 0 Å². The Morgan fingerprint density at radius 3 is 2.88 bits per heavy atom. The molecule has 3 atom stereocenters. The second-order valence-electron chi connectivity index (χ2n) is 5.49. The molecule has 0 aromatic heterocycles. The standard InChI is InChI=1S/C13H23NO2/c1-10-3-5-14(7-11(10)2)8-12-9-16-6-4-13(12)15/h10-12H,3-9H2,1-2H3. The van der Waals surface area contributed by atoms with E-state index >= 15 is 0 Å². The third-order valence-electron chi connectivity index (χ3n) is 4.16. The smallest absolute Gasteiger partial charge is 0.141 e. The van der Waals surface area contributed by atoms with Crippen LogP contribution >= 0.6 is 0 Å². The number of likely N-dealkylation sites (tertiary alicyclic amines) is 1. The van der Waals surface area contributed by atoms with Crippen LogP contribution in [0.1, 0.15) is 26.7 Å². The highest BCUT2D eigenvalue weighted by atomic mass is 16.5. The lowest BCUT2D eigenvalue weighted by molar-refractivity contribution is -0.131. The SMILES string of the molecule is CC1CCN(CC2COCCC2=O)CC1C. The maximum atomic E-state index is 11.7. The number of Topliss-reactive ketones (excluding diaryl/α,β-unsaturated/α-hetero) is 1. The van der Waals surface area contributed by atoms with Gasteiger partial charge in [0.1, 0.15) is 5.78 Å². The second kappa shape index (κ2) is 5.28. The molecule has 0 bridgehead atoms. The van der Waals surface area contributed by atoms with Gasteiger partial charge in [0.2, 0.25) is 0 Å². The van der Waals surface area contributed by atoms with E-state index in [-0.39, 0.29) is 5.92 Å². The van der Waals surface area contributed by atoms with Crippen LogP contribution in [0.5, 0.6) is 0 Å². The number of nitrogens with zero attached hydrogens (tertiary/aromatic N) is 1. The van der Waals surface area contributed by atoms with Gasteiger partial charge in [-0.2, -0.15) is 0 Å². The third-order valence-corrected chi connectivity index (χ3v) is 4.16. The number of hydrogen-bond donors (Lipinski definition) is 0. The molecular weight excluding hydrogens is 202 g/mol. The Morgan fingerprint density at radius 1 is 1.38 bits per heavy atom. The minimum absolute atomic E-state index is 0.134. The van der Waals surface area contributed by atoms with Gasteiger partial charge in [-0.05, 0) is 24.8 Å². The van der Waals surface area contributed by atoms with E-state index in [4.69, 9.17) is 4.74 Å². The van der Waals surface area contributed by atoms with E-state index in [1.54, 1.807) is 0 Å². The molecule has 2 rings (SSSR count). The molecule has 0 aromatic carbocycles. The van der Waals surface area contributed by atoms with E-state index in [1.807, 2.05) is 0 Å². The summed E-state index contributed by atoms with van der Waals surface area (Å²) in [4.78, 5) is 14.2. The molecule has 0 amide bonds. The van der Waals surface area contributed by atoms with Crippen LogP contribution in [0.15, 0.2) is 0 Å². The first kappa shape index (κ1) is 12.1. The zero-order valence-electron chi connectivity index (χ0n) is 10.4. The number of carbonyl (C=O) groups excluding carboxylic acids is 1. The molecule has 2 aliphatic rings. The van der Waals surface area contributed by atoms with Crippen LogP contribution in [0.4, 0.5) is 0 Å². The highest BCUT2D eigenvalue weighted by Crippen LogP contribution is 2.23. The number of hydrogen-bond acceptors (Lipinski definition) is 3. The van der Waals surface area contributed by atoms with Crippen molar-refractivity contribution < 1.29 is 9.53 Å². The topological polar surface area (TPSA) is 29.5 Å². The van der Waals surface area contributed by atoms with Crippen LogP contribution < -0.4 is 0 Å². The summed E-state index contributed by atoms with van der Waals surface area (Å²) in [5.74, 6) is 2.12. The molecule has 0 spiro atoms. The molecule has 3 nitrogen and oxygen atoms in total. The first-order chi connectivity index (χ1) is 7.66. The van der Waals surface area contributed by atoms with Crippen molar-refractivity contribution in [2.24, 2.45) is 17.8 Å².